The summed E-state index contributed by atoms with van der Waals surface area (Å²) in [6.45, 7) is 5.68. The molecule has 0 N–H and O–H groups in total. The summed E-state index contributed by atoms with van der Waals surface area (Å²) in [5, 5.41) is 0. The van der Waals surface area contributed by atoms with Crippen LogP contribution in [0.2, 0.25) is 0 Å². The number of nitrogens with zero attached hydrogens (tertiary/aromatic N) is 3. The van der Waals surface area contributed by atoms with Crippen LogP contribution in [0.3, 0.4) is 0 Å². The molecule has 1 aromatic rings. The van der Waals surface area contributed by atoms with Gasteiger partial charge in [0, 0.05) is 39.8 Å². The van der Waals surface area contributed by atoms with E-state index in [1.165, 1.54) is 12.8 Å². The monoisotopic (exact) mass is 401 g/mol. The molecule has 2 aliphatic rings. The summed E-state index contributed by atoms with van der Waals surface area (Å²) in [7, 11) is 3.52. The summed E-state index contributed by atoms with van der Waals surface area (Å²) < 4.78 is 5.36. The number of carbonyl (C=O) groups excluding carboxylic acids is 2. The number of hydrogen-bond donors (Lipinski definition) is 0. The number of amides is 2. The van der Waals surface area contributed by atoms with Gasteiger partial charge in [-0.25, -0.2) is 0 Å². The highest BCUT2D eigenvalue weighted by molar-refractivity contribution is 5.97. The molecule has 6 nitrogen and oxygen atoms in total. The van der Waals surface area contributed by atoms with Gasteiger partial charge in [0.25, 0.3) is 5.91 Å². The van der Waals surface area contributed by atoms with Gasteiger partial charge >= 0.3 is 0 Å². The molecule has 29 heavy (non-hydrogen) atoms. The van der Waals surface area contributed by atoms with E-state index in [4.69, 9.17) is 4.74 Å². The standard InChI is InChI=1S/C23H35N3O3/c1-4-13-24(2)23(28)21(18-9-5-6-10-18)25-14-16-26(17-15-25)22(27)19-11-7-8-12-20(19)29-3/h7-8,11-12,18,21H,4-6,9-10,13-17H2,1-3H3/t21-/m0/s1. The number of para-hydroxylation sites is 1. The molecule has 0 aromatic heterocycles. The number of methoxy groups -OCH3 is 1. The van der Waals surface area contributed by atoms with E-state index in [-0.39, 0.29) is 17.9 Å². The number of piperazine rings is 1. The fourth-order valence-electron chi connectivity index (χ4n) is 4.80. The minimum Gasteiger partial charge on any atom is -0.496 e. The van der Waals surface area contributed by atoms with E-state index in [1.807, 2.05) is 41.1 Å². The van der Waals surface area contributed by atoms with Crippen LogP contribution in [0.15, 0.2) is 24.3 Å². The summed E-state index contributed by atoms with van der Waals surface area (Å²) in [6.07, 6.45) is 5.69. The van der Waals surface area contributed by atoms with E-state index in [0.29, 0.717) is 30.3 Å². The molecule has 0 spiro atoms. The predicted octanol–water partition coefficient (Wildman–Crippen LogP) is 2.88. The molecule has 1 saturated heterocycles. The molecule has 3 rings (SSSR count). The molecule has 1 heterocycles. The number of benzene rings is 1. The molecule has 1 saturated carbocycles. The van der Waals surface area contributed by atoms with Gasteiger partial charge in [-0.3, -0.25) is 14.5 Å². The first kappa shape index (κ1) is 21.6. The topological polar surface area (TPSA) is 53.1 Å². The van der Waals surface area contributed by atoms with Crippen LogP contribution in [0.25, 0.3) is 0 Å². The first-order valence-corrected chi connectivity index (χ1v) is 11.0. The number of ether oxygens (including phenoxy) is 1. The van der Waals surface area contributed by atoms with Crippen LogP contribution in [-0.2, 0) is 4.79 Å². The Bertz CT molecular complexity index is 694. The molecule has 1 aromatic carbocycles. The lowest BCUT2D eigenvalue weighted by molar-refractivity contribution is -0.138. The highest BCUT2D eigenvalue weighted by Gasteiger charge is 2.38. The average molecular weight is 402 g/mol. The van der Waals surface area contributed by atoms with Crippen molar-refractivity contribution in [3.05, 3.63) is 29.8 Å². The van der Waals surface area contributed by atoms with Gasteiger partial charge in [-0.1, -0.05) is 31.9 Å². The first-order chi connectivity index (χ1) is 14.1. The van der Waals surface area contributed by atoms with E-state index in [1.54, 1.807) is 7.11 Å². The Balaban J connectivity index is 1.68. The highest BCUT2D eigenvalue weighted by Crippen LogP contribution is 2.32. The van der Waals surface area contributed by atoms with Crippen molar-refractivity contribution in [1.82, 2.24) is 14.7 Å². The highest BCUT2D eigenvalue weighted by atomic mass is 16.5. The van der Waals surface area contributed by atoms with Crippen molar-refractivity contribution in [2.24, 2.45) is 5.92 Å². The zero-order valence-electron chi connectivity index (χ0n) is 18.1. The quantitative estimate of drug-likeness (QED) is 0.705. The van der Waals surface area contributed by atoms with Crippen LogP contribution in [-0.4, -0.2) is 79.4 Å². The third-order valence-electron chi connectivity index (χ3n) is 6.37. The Morgan fingerprint density at radius 3 is 2.41 bits per heavy atom. The lowest BCUT2D eigenvalue weighted by atomic mass is 9.94. The molecule has 1 aliphatic heterocycles. The third-order valence-corrected chi connectivity index (χ3v) is 6.37. The van der Waals surface area contributed by atoms with E-state index in [9.17, 15) is 9.59 Å². The van der Waals surface area contributed by atoms with Crippen LogP contribution in [0, 0.1) is 5.92 Å². The Kier molecular flexibility index (Phi) is 7.53. The molecule has 160 valence electrons. The zero-order valence-corrected chi connectivity index (χ0v) is 18.1. The molecular formula is C23H35N3O3. The van der Waals surface area contributed by atoms with Crippen LogP contribution in [0.4, 0.5) is 0 Å². The number of likely N-dealkylation sites (N-methyl/N-ethyl adjacent to an activating group) is 1. The SMILES string of the molecule is CCCN(C)C(=O)[C@H](C1CCCC1)N1CCN(C(=O)c2ccccc2OC)CC1. The fourth-order valence-corrected chi connectivity index (χ4v) is 4.80. The maximum Gasteiger partial charge on any atom is 0.257 e. The van der Waals surface area contributed by atoms with Crippen LogP contribution >= 0.6 is 0 Å². The summed E-state index contributed by atoms with van der Waals surface area (Å²) in [4.78, 5) is 32.3. The van der Waals surface area contributed by atoms with Crippen molar-refractivity contribution < 1.29 is 14.3 Å². The van der Waals surface area contributed by atoms with E-state index in [2.05, 4.69) is 11.8 Å². The van der Waals surface area contributed by atoms with E-state index in [0.717, 1.165) is 38.9 Å². The maximum atomic E-state index is 13.2. The summed E-state index contributed by atoms with van der Waals surface area (Å²) in [5.74, 6) is 1.32. The lowest BCUT2D eigenvalue weighted by Crippen LogP contribution is -2.58. The molecule has 0 radical (unpaired) electrons. The molecule has 1 aliphatic carbocycles. The zero-order chi connectivity index (χ0) is 20.8. The molecule has 2 fully saturated rings. The van der Waals surface area contributed by atoms with Crippen LogP contribution in [0.5, 0.6) is 5.75 Å². The van der Waals surface area contributed by atoms with Crippen molar-refractivity contribution >= 4 is 11.8 Å². The molecule has 0 unspecified atom stereocenters. The minimum atomic E-state index is -0.0439. The van der Waals surface area contributed by atoms with Gasteiger partial charge in [0.1, 0.15) is 5.75 Å². The Morgan fingerprint density at radius 2 is 1.79 bits per heavy atom. The van der Waals surface area contributed by atoms with Gasteiger partial charge in [-0.05, 0) is 37.3 Å². The molecule has 6 heteroatoms. The van der Waals surface area contributed by atoms with E-state index >= 15 is 0 Å². The van der Waals surface area contributed by atoms with Gasteiger partial charge in [-0.15, -0.1) is 0 Å². The molecule has 1 atom stereocenters. The first-order valence-electron chi connectivity index (χ1n) is 11.0. The van der Waals surface area contributed by atoms with Crippen molar-refractivity contribution in [3.63, 3.8) is 0 Å². The second-order valence-corrected chi connectivity index (χ2v) is 8.28. The van der Waals surface area contributed by atoms with Gasteiger partial charge in [0.15, 0.2) is 0 Å². The third kappa shape index (κ3) is 4.92. The number of carbonyl (C=O) groups is 2. The molecule has 0 bridgehead atoms. The number of rotatable bonds is 7. The van der Waals surface area contributed by atoms with Crippen molar-refractivity contribution in [2.75, 3.05) is 46.9 Å². The van der Waals surface area contributed by atoms with Crippen molar-refractivity contribution in [3.8, 4) is 5.75 Å². The second kappa shape index (κ2) is 10.1. The largest absolute Gasteiger partial charge is 0.496 e. The Hall–Kier alpha value is -2.08. The summed E-state index contributed by atoms with van der Waals surface area (Å²) in [5.41, 5.74) is 0.606. The van der Waals surface area contributed by atoms with Gasteiger partial charge in [0.05, 0.1) is 18.7 Å². The Morgan fingerprint density at radius 1 is 1.14 bits per heavy atom. The summed E-state index contributed by atoms with van der Waals surface area (Å²) >= 11 is 0. The Labute approximate surface area is 174 Å². The smallest absolute Gasteiger partial charge is 0.257 e. The van der Waals surface area contributed by atoms with Crippen LogP contribution < -0.4 is 4.74 Å². The van der Waals surface area contributed by atoms with Gasteiger partial charge in [-0.2, -0.15) is 0 Å². The van der Waals surface area contributed by atoms with E-state index < -0.39 is 0 Å². The molecule has 2 amide bonds. The molecular weight excluding hydrogens is 366 g/mol. The van der Waals surface area contributed by atoms with Gasteiger partial charge < -0.3 is 14.5 Å². The minimum absolute atomic E-state index is 0.00828. The van der Waals surface area contributed by atoms with Crippen molar-refractivity contribution in [1.29, 1.82) is 0 Å². The second-order valence-electron chi connectivity index (χ2n) is 8.28. The maximum absolute atomic E-state index is 13.2. The summed E-state index contributed by atoms with van der Waals surface area (Å²) in [6, 6.07) is 7.33. The predicted molar refractivity (Wildman–Crippen MR) is 114 cm³/mol. The fraction of sp³-hybridized carbons (Fsp3) is 0.652. The van der Waals surface area contributed by atoms with Crippen LogP contribution in [0.1, 0.15) is 49.4 Å². The van der Waals surface area contributed by atoms with Gasteiger partial charge in [0.2, 0.25) is 5.91 Å². The van der Waals surface area contributed by atoms with Crippen molar-refractivity contribution in [2.45, 2.75) is 45.1 Å². The lowest BCUT2D eigenvalue weighted by Gasteiger charge is -2.42. The average Bonchev–Trinajstić information content (AvgIpc) is 3.28. The number of hydrogen-bond acceptors (Lipinski definition) is 4. The normalized spacial score (nSPS) is 19.2.